The lowest BCUT2D eigenvalue weighted by Gasteiger charge is -2.23. The van der Waals surface area contributed by atoms with Crippen molar-refractivity contribution in [2.75, 3.05) is 13.3 Å². The Labute approximate surface area is 149 Å². The maximum absolute atomic E-state index is 13.2. The second kappa shape index (κ2) is 6.69. The average Bonchev–Trinajstić information content (AvgIpc) is 2.98. The van der Waals surface area contributed by atoms with E-state index < -0.39 is 10.0 Å². The summed E-state index contributed by atoms with van der Waals surface area (Å²) < 4.78 is 38.6. The first kappa shape index (κ1) is 17.8. The zero-order chi connectivity index (χ0) is 18.2. The summed E-state index contributed by atoms with van der Waals surface area (Å²) in [5, 5.41) is 0. The van der Waals surface area contributed by atoms with Gasteiger partial charge in [-0.05, 0) is 49.6 Å². The van der Waals surface area contributed by atoms with Gasteiger partial charge in [0.05, 0.1) is 4.90 Å². The molecule has 2 aromatic carbocycles. The third-order valence-corrected chi connectivity index (χ3v) is 6.58. The Morgan fingerprint density at radius 1 is 1.00 bits per heavy atom. The van der Waals surface area contributed by atoms with E-state index in [1.807, 2.05) is 58.0 Å². The molecule has 1 aliphatic rings. The fourth-order valence-corrected chi connectivity index (χ4v) is 5.16. The monoisotopic (exact) mass is 361 g/mol. The zero-order valence-electron chi connectivity index (χ0n) is 15.0. The number of nitrogens with zero attached hydrogens (tertiary/aromatic N) is 1. The first-order valence-electron chi connectivity index (χ1n) is 8.29. The van der Waals surface area contributed by atoms with Crippen LogP contribution in [-0.4, -0.2) is 26.1 Å². The maximum Gasteiger partial charge on any atom is 0.243 e. The van der Waals surface area contributed by atoms with Crippen LogP contribution in [0.25, 0.3) is 0 Å². The summed E-state index contributed by atoms with van der Waals surface area (Å²) in [5.74, 6) is 1.36. The summed E-state index contributed by atoms with van der Waals surface area (Å²) >= 11 is 0. The minimum atomic E-state index is -3.58. The van der Waals surface area contributed by atoms with Crippen LogP contribution in [0.3, 0.4) is 0 Å². The Kier molecular flexibility index (Phi) is 4.75. The molecule has 134 valence electrons. The summed E-state index contributed by atoms with van der Waals surface area (Å²) in [6.07, 6.45) is 0. The Bertz CT molecular complexity index is 883. The van der Waals surface area contributed by atoms with E-state index in [4.69, 9.17) is 9.47 Å². The molecule has 6 heteroatoms. The van der Waals surface area contributed by atoms with E-state index in [-0.39, 0.29) is 6.79 Å². The van der Waals surface area contributed by atoms with Crippen molar-refractivity contribution in [2.45, 2.75) is 39.1 Å². The highest BCUT2D eigenvalue weighted by atomic mass is 32.2. The Morgan fingerprint density at radius 2 is 1.64 bits per heavy atom. The maximum atomic E-state index is 13.2. The van der Waals surface area contributed by atoms with Gasteiger partial charge in [-0.15, -0.1) is 0 Å². The van der Waals surface area contributed by atoms with Crippen molar-refractivity contribution in [1.82, 2.24) is 4.31 Å². The molecule has 5 nitrogen and oxygen atoms in total. The van der Waals surface area contributed by atoms with Gasteiger partial charge < -0.3 is 9.47 Å². The summed E-state index contributed by atoms with van der Waals surface area (Å²) in [6, 6.07) is 9.36. The van der Waals surface area contributed by atoms with Crippen molar-refractivity contribution in [1.29, 1.82) is 0 Å². The molecular weight excluding hydrogens is 338 g/mol. The van der Waals surface area contributed by atoms with Crippen LogP contribution in [0.4, 0.5) is 0 Å². The predicted octanol–water partition coefficient (Wildman–Crippen LogP) is 3.55. The predicted molar refractivity (Wildman–Crippen MR) is 96.5 cm³/mol. The van der Waals surface area contributed by atoms with Crippen LogP contribution >= 0.6 is 0 Å². The highest BCUT2D eigenvalue weighted by Gasteiger charge is 2.27. The lowest BCUT2D eigenvalue weighted by Crippen LogP contribution is -2.31. The normalized spacial score (nSPS) is 13.5. The highest BCUT2D eigenvalue weighted by Crippen LogP contribution is 2.33. The number of hydrogen-bond donors (Lipinski definition) is 0. The minimum absolute atomic E-state index is 0.205. The molecule has 0 atom stereocenters. The molecule has 0 fully saturated rings. The number of aryl methyl sites for hydroxylation is 3. The quantitative estimate of drug-likeness (QED) is 0.817. The van der Waals surface area contributed by atoms with Gasteiger partial charge in [-0.1, -0.05) is 30.7 Å². The summed E-state index contributed by atoms with van der Waals surface area (Å²) in [4.78, 5) is 0.403. The molecule has 0 saturated carbocycles. The molecule has 1 heterocycles. The van der Waals surface area contributed by atoms with E-state index >= 15 is 0 Å². The smallest absolute Gasteiger partial charge is 0.243 e. The van der Waals surface area contributed by atoms with Crippen molar-refractivity contribution in [2.24, 2.45) is 0 Å². The van der Waals surface area contributed by atoms with Gasteiger partial charge in [0.15, 0.2) is 11.5 Å². The van der Waals surface area contributed by atoms with Crippen LogP contribution < -0.4 is 9.47 Å². The van der Waals surface area contributed by atoms with Crippen LogP contribution in [0.2, 0.25) is 0 Å². The molecule has 0 bridgehead atoms. The van der Waals surface area contributed by atoms with Gasteiger partial charge in [-0.2, -0.15) is 4.31 Å². The molecule has 2 aromatic rings. The van der Waals surface area contributed by atoms with E-state index in [1.54, 1.807) is 0 Å². The number of rotatable bonds is 5. The van der Waals surface area contributed by atoms with E-state index in [9.17, 15) is 8.42 Å². The van der Waals surface area contributed by atoms with Gasteiger partial charge in [0.1, 0.15) is 0 Å². The molecule has 0 spiro atoms. The molecule has 0 aromatic heterocycles. The van der Waals surface area contributed by atoms with Crippen molar-refractivity contribution in [3.63, 3.8) is 0 Å². The van der Waals surface area contributed by atoms with E-state index in [0.29, 0.717) is 29.5 Å². The SMILES string of the molecule is CCN(Cc1ccc2c(c1)OCO2)S(=O)(=O)c1c(C)cc(C)cc1C. The third kappa shape index (κ3) is 3.37. The molecular formula is C19H23NO4S. The largest absolute Gasteiger partial charge is 0.454 e. The molecule has 0 aliphatic carbocycles. The Morgan fingerprint density at radius 3 is 2.28 bits per heavy atom. The summed E-state index contributed by atoms with van der Waals surface area (Å²) in [5.41, 5.74) is 3.49. The fourth-order valence-electron chi connectivity index (χ4n) is 3.31. The van der Waals surface area contributed by atoms with Crippen LogP contribution in [0.5, 0.6) is 11.5 Å². The van der Waals surface area contributed by atoms with Crippen molar-refractivity contribution >= 4 is 10.0 Å². The fraction of sp³-hybridized carbons (Fsp3) is 0.368. The number of fused-ring (bicyclic) bond motifs is 1. The molecule has 0 amide bonds. The molecule has 0 saturated heterocycles. The summed E-state index contributed by atoms with van der Waals surface area (Å²) in [7, 11) is -3.58. The number of sulfonamides is 1. The topological polar surface area (TPSA) is 55.8 Å². The molecule has 25 heavy (non-hydrogen) atoms. The van der Waals surface area contributed by atoms with Crippen molar-refractivity contribution in [3.05, 3.63) is 52.6 Å². The lowest BCUT2D eigenvalue weighted by atomic mass is 10.1. The molecule has 1 aliphatic heterocycles. The van der Waals surface area contributed by atoms with Gasteiger partial charge in [0.25, 0.3) is 0 Å². The lowest BCUT2D eigenvalue weighted by molar-refractivity contribution is 0.174. The zero-order valence-corrected chi connectivity index (χ0v) is 15.8. The number of benzene rings is 2. The van der Waals surface area contributed by atoms with E-state index in [0.717, 1.165) is 22.3 Å². The minimum Gasteiger partial charge on any atom is -0.454 e. The third-order valence-electron chi connectivity index (χ3n) is 4.35. The number of hydrogen-bond acceptors (Lipinski definition) is 4. The molecule has 0 unspecified atom stereocenters. The number of ether oxygens (including phenoxy) is 2. The Hall–Kier alpha value is -2.05. The first-order chi connectivity index (χ1) is 11.8. The van der Waals surface area contributed by atoms with E-state index in [2.05, 4.69) is 0 Å². The Balaban J connectivity index is 1.95. The molecule has 3 rings (SSSR count). The standard InChI is InChI=1S/C19H23NO4S/c1-5-20(11-16-6-7-17-18(10-16)24-12-23-17)25(21,22)19-14(3)8-13(2)9-15(19)4/h6-10H,5,11-12H2,1-4H3. The van der Waals surface area contributed by atoms with Gasteiger partial charge in [0.2, 0.25) is 16.8 Å². The van der Waals surface area contributed by atoms with Crippen molar-refractivity contribution < 1.29 is 17.9 Å². The van der Waals surface area contributed by atoms with Crippen molar-refractivity contribution in [3.8, 4) is 11.5 Å². The van der Waals surface area contributed by atoms with Crippen LogP contribution in [0.1, 0.15) is 29.2 Å². The molecule has 0 N–H and O–H groups in total. The van der Waals surface area contributed by atoms with Crippen LogP contribution in [0, 0.1) is 20.8 Å². The van der Waals surface area contributed by atoms with Crippen LogP contribution in [0.15, 0.2) is 35.2 Å². The van der Waals surface area contributed by atoms with Gasteiger partial charge in [-0.3, -0.25) is 0 Å². The second-order valence-electron chi connectivity index (χ2n) is 6.35. The highest BCUT2D eigenvalue weighted by molar-refractivity contribution is 7.89. The van der Waals surface area contributed by atoms with Gasteiger partial charge in [0, 0.05) is 13.1 Å². The van der Waals surface area contributed by atoms with Gasteiger partial charge in [-0.25, -0.2) is 8.42 Å². The second-order valence-corrected chi connectivity index (χ2v) is 8.22. The van der Waals surface area contributed by atoms with Crippen LogP contribution in [-0.2, 0) is 16.6 Å². The van der Waals surface area contributed by atoms with Gasteiger partial charge >= 0.3 is 0 Å². The average molecular weight is 361 g/mol. The summed E-state index contributed by atoms with van der Waals surface area (Å²) in [6.45, 7) is 8.41. The van der Waals surface area contributed by atoms with E-state index in [1.165, 1.54) is 4.31 Å². The first-order valence-corrected chi connectivity index (χ1v) is 9.73. The molecule has 0 radical (unpaired) electrons.